The number of carbonyl (C=O) groups excluding carboxylic acids is 1. The van der Waals surface area contributed by atoms with Gasteiger partial charge in [0.2, 0.25) is 0 Å². The first-order chi connectivity index (χ1) is 9.60. The van der Waals surface area contributed by atoms with E-state index in [1.165, 1.54) is 17.4 Å². The molecule has 0 unspecified atom stereocenters. The highest BCUT2D eigenvalue weighted by molar-refractivity contribution is 9.10. The van der Waals surface area contributed by atoms with E-state index < -0.39 is 0 Å². The first-order valence-electron chi connectivity index (χ1n) is 6.15. The minimum absolute atomic E-state index is 0.216. The molecular formula is C14H13BrFNO2S. The number of benzene rings is 1. The molecule has 0 bridgehead atoms. The largest absolute Gasteiger partial charge is 0.466 e. The van der Waals surface area contributed by atoms with Crippen LogP contribution in [-0.4, -0.2) is 17.6 Å². The summed E-state index contributed by atoms with van der Waals surface area (Å²) in [5, 5.41) is 2.72. The Morgan fingerprint density at radius 3 is 3.00 bits per heavy atom. The van der Waals surface area contributed by atoms with Gasteiger partial charge in [0.1, 0.15) is 10.8 Å². The summed E-state index contributed by atoms with van der Waals surface area (Å²) >= 11 is 4.63. The lowest BCUT2D eigenvalue weighted by Gasteiger charge is -2.00. The normalized spacial score (nSPS) is 10.6. The van der Waals surface area contributed by atoms with Crippen LogP contribution >= 0.6 is 27.3 Å². The van der Waals surface area contributed by atoms with E-state index in [1.54, 1.807) is 19.1 Å². The van der Waals surface area contributed by atoms with Crippen LogP contribution < -0.4 is 0 Å². The standard InChI is InChI=1S/C14H13BrFNO2S/c1-2-19-13(18)6-4-10-8-20-14(17-10)9-3-5-12(16)11(15)7-9/h3,5,7-8H,2,4,6H2,1H3. The summed E-state index contributed by atoms with van der Waals surface area (Å²) in [6.45, 7) is 2.18. The van der Waals surface area contributed by atoms with Crippen molar-refractivity contribution in [3.05, 3.63) is 39.6 Å². The van der Waals surface area contributed by atoms with Crippen molar-refractivity contribution in [2.75, 3.05) is 6.61 Å². The first-order valence-corrected chi connectivity index (χ1v) is 7.83. The summed E-state index contributed by atoms with van der Waals surface area (Å²) in [6, 6.07) is 4.79. The van der Waals surface area contributed by atoms with Crippen LogP contribution in [0.2, 0.25) is 0 Å². The number of hydrogen-bond donors (Lipinski definition) is 0. The molecule has 0 radical (unpaired) electrons. The zero-order valence-corrected chi connectivity index (χ0v) is 13.3. The van der Waals surface area contributed by atoms with Gasteiger partial charge in [0.15, 0.2) is 0 Å². The van der Waals surface area contributed by atoms with Gasteiger partial charge in [-0.25, -0.2) is 9.37 Å². The van der Waals surface area contributed by atoms with Crippen molar-refractivity contribution in [1.29, 1.82) is 0 Å². The van der Waals surface area contributed by atoms with Crippen LogP contribution in [0.5, 0.6) is 0 Å². The molecule has 0 aliphatic heterocycles. The summed E-state index contributed by atoms with van der Waals surface area (Å²) in [5.41, 5.74) is 1.70. The topological polar surface area (TPSA) is 39.2 Å². The van der Waals surface area contributed by atoms with E-state index in [1.807, 2.05) is 5.38 Å². The molecule has 0 fully saturated rings. The van der Waals surface area contributed by atoms with E-state index >= 15 is 0 Å². The van der Waals surface area contributed by atoms with E-state index in [4.69, 9.17) is 4.74 Å². The third-order valence-electron chi connectivity index (χ3n) is 2.61. The van der Waals surface area contributed by atoms with Crippen molar-refractivity contribution in [2.45, 2.75) is 19.8 Å². The Labute approximate surface area is 128 Å². The number of rotatable bonds is 5. The van der Waals surface area contributed by atoms with Crippen molar-refractivity contribution >= 4 is 33.2 Å². The molecule has 0 saturated carbocycles. The third-order valence-corrected chi connectivity index (χ3v) is 4.16. The Bertz CT molecular complexity index is 615. The van der Waals surface area contributed by atoms with E-state index in [0.717, 1.165) is 16.3 Å². The highest BCUT2D eigenvalue weighted by Gasteiger charge is 2.09. The fourth-order valence-electron chi connectivity index (χ4n) is 1.65. The van der Waals surface area contributed by atoms with Gasteiger partial charge in [-0.2, -0.15) is 0 Å². The lowest BCUT2D eigenvalue weighted by atomic mass is 10.2. The molecule has 0 aliphatic rings. The number of aromatic nitrogens is 1. The fourth-order valence-corrected chi connectivity index (χ4v) is 2.88. The van der Waals surface area contributed by atoms with Gasteiger partial charge >= 0.3 is 5.97 Å². The number of halogens is 2. The first kappa shape index (κ1) is 15.1. The van der Waals surface area contributed by atoms with Crippen LogP contribution in [0, 0.1) is 5.82 Å². The van der Waals surface area contributed by atoms with E-state index in [9.17, 15) is 9.18 Å². The summed E-state index contributed by atoms with van der Waals surface area (Å²) in [4.78, 5) is 15.7. The Morgan fingerprint density at radius 2 is 2.30 bits per heavy atom. The van der Waals surface area contributed by atoms with E-state index in [0.29, 0.717) is 23.9 Å². The molecule has 1 aromatic carbocycles. The number of aryl methyl sites for hydroxylation is 1. The maximum Gasteiger partial charge on any atom is 0.306 e. The molecule has 1 heterocycles. The minimum atomic E-state index is -0.298. The van der Waals surface area contributed by atoms with Crippen molar-refractivity contribution in [3.63, 3.8) is 0 Å². The Morgan fingerprint density at radius 1 is 1.50 bits per heavy atom. The predicted octanol–water partition coefficient (Wildman–Crippen LogP) is 4.21. The maximum atomic E-state index is 13.2. The molecule has 6 heteroatoms. The van der Waals surface area contributed by atoms with Crippen LogP contribution in [0.4, 0.5) is 4.39 Å². The van der Waals surface area contributed by atoms with Crippen molar-refractivity contribution in [3.8, 4) is 10.6 Å². The van der Waals surface area contributed by atoms with Crippen LogP contribution in [-0.2, 0) is 16.0 Å². The second-order valence-electron chi connectivity index (χ2n) is 4.08. The number of esters is 1. The molecule has 2 rings (SSSR count). The highest BCUT2D eigenvalue weighted by Crippen LogP contribution is 2.28. The number of hydrogen-bond acceptors (Lipinski definition) is 4. The highest BCUT2D eigenvalue weighted by atomic mass is 79.9. The van der Waals surface area contributed by atoms with E-state index in [2.05, 4.69) is 20.9 Å². The molecule has 0 saturated heterocycles. The Balaban J connectivity index is 2.05. The monoisotopic (exact) mass is 357 g/mol. The lowest BCUT2D eigenvalue weighted by Crippen LogP contribution is -2.05. The van der Waals surface area contributed by atoms with Gasteiger partial charge in [-0.1, -0.05) is 0 Å². The van der Waals surface area contributed by atoms with Gasteiger partial charge in [-0.15, -0.1) is 11.3 Å². The van der Waals surface area contributed by atoms with Crippen LogP contribution in [0.1, 0.15) is 19.0 Å². The van der Waals surface area contributed by atoms with Crippen LogP contribution in [0.3, 0.4) is 0 Å². The van der Waals surface area contributed by atoms with Gasteiger partial charge in [0.25, 0.3) is 0 Å². The second kappa shape index (κ2) is 6.95. The van der Waals surface area contributed by atoms with Crippen molar-refractivity contribution < 1.29 is 13.9 Å². The minimum Gasteiger partial charge on any atom is -0.466 e. The van der Waals surface area contributed by atoms with E-state index in [-0.39, 0.29) is 11.8 Å². The molecule has 2 aromatic rings. The van der Waals surface area contributed by atoms with Crippen LogP contribution in [0.15, 0.2) is 28.1 Å². The summed E-state index contributed by atoms with van der Waals surface area (Å²) in [5.74, 6) is -0.514. The second-order valence-corrected chi connectivity index (χ2v) is 5.79. The molecule has 3 nitrogen and oxygen atoms in total. The molecule has 0 amide bonds. The number of thiazole rings is 1. The average Bonchev–Trinajstić information content (AvgIpc) is 2.89. The molecule has 0 aliphatic carbocycles. The SMILES string of the molecule is CCOC(=O)CCc1csc(-c2ccc(F)c(Br)c2)n1. The summed E-state index contributed by atoms with van der Waals surface area (Å²) in [6.07, 6.45) is 0.877. The Hall–Kier alpha value is -1.27. The summed E-state index contributed by atoms with van der Waals surface area (Å²) in [7, 11) is 0. The van der Waals surface area contributed by atoms with Crippen molar-refractivity contribution in [1.82, 2.24) is 4.98 Å². The maximum absolute atomic E-state index is 13.2. The molecule has 0 spiro atoms. The molecule has 106 valence electrons. The van der Waals surface area contributed by atoms with Gasteiger partial charge < -0.3 is 4.74 Å². The molecule has 1 aromatic heterocycles. The smallest absolute Gasteiger partial charge is 0.306 e. The molecule has 0 atom stereocenters. The third kappa shape index (κ3) is 3.86. The number of ether oxygens (including phenoxy) is 1. The fraction of sp³-hybridized carbons (Fsp3) is 0.286. The quantitative estimate of drug-likeness (QED) is 0.752. The van der Waals surface area contributed by atoms with Crippen molar-refractivity contribution in [2.24, 2.45) is 0 Å². The van der Waals surface area contributed by atoms with Crippen LogP contribution in [0.25, 0.3) is 10.6 Å². The van der Waals surface area contributed by atoms with Gasteiger partial charge in [-0.05, 0) is 41.1 Å². The van der Waals surface area contributed by atoms with Gasteiger partial charge in [0.05, 0.1) is 23.2 Å². The van der Waals surface area contributed by atoms with Gasteiger partial charge in [-0.3, -0.25) is 4.79 Å². The molecule has 20 heavy (non-hydrogen) atoms. The molecule has 0 N–H and O–H groups in total. The zero-order valence-electron chi connectivity index (χ0n) is 10.9. The zero-order chi connectivity index (χ0) is 14.5. The summed E-state index contributed by atoms with van der Waals surface area (Å²) < 4.78 is 18.5. The number of nitrogens with zero attached hydrogens (tertiary/aromatic N) is 1. The lowest BCUT2D eigenvalue weighted by molar-refractivity contribution is -0.143. The van der Waals surface area contributed by atoms with Gasteiger partial charge in [0, 0.05) is 17.4 Å². The number of carbonyl (C=O) groups is 1. The average molecular weight is 358 g/mol. The molecular weight excluding hydrogens is 345 g/mol. The Kier molecular flexibility index (Phi) is 5.25. The predicted molar refractivity (Wildman–Crippen MR) is 80.2 cm³/mol.